The van der Waals surface area contributed by atoms with Crippen molar-refractivity contribution in [1.29, 1.82) is 0 Å². The van der Waals surface area contributed by atoms with Gasteiger partial charge in [-0.15, -0.1) is 0 Å². The summed E-state index contributed by atoms with van der Waals surface area (Å²) < 4.78 is 1.97. The molecule has 2 aromatic heterocycles. The molecule has 1 aliphatic carbocycles. The summed E-state index contributed by atoms with van der Waals surface area (Å²) >= 11 is 0. The van der Waals surface area contributed by atoms with Crippen LogP contribution in [-0.2, 0) is 11.4 Å². The van der Waals surface area contributed by atoms with Gasteiger partial charge in [-0.2, -0.15) is 5.10 Å². The van der Waals surface area contributed by atoms with Gasteiger partial charge in [-0.3, -0.25) is 0 Å². The molecule has 7 heteroatoms. The van der Waals surface area contributed by atoms with Crippen molar-refractivity contribution in [2.24, 2.45) is 5.16 Å². The van der Waals surface area contributed by atoms with Gasteiger partial charge in [0, 0.05) is 49.9 Å². The molecule has 1 N–H and O–H groups in total. The van der Waals surface area contributed by atoms with E-state index in [4.69, 9.17) is 9.82 Å². The van der Waals surface area contributed by atoms with Gasteiger partial charge in [-0.25, -0.2) is 9.67 Å². The number of hydrogen-bond acceptors (Lipinski definition) is 6. The number of piperidine rings is 1. The lowest BCUT2D eigenvalue weighted by Crippen LogP contribution is -2.42. The Bertz CT molecular complexity index is 950. The Morgan fingerprint density at radius 3 is 2.65 bits per heavy atom. The van der Waals surface area contributed by atoms with E-state index in [0.29, 0.717) is 12.1 Å². The quantitative estimate of drug-likeness (QED) is 0.762. The van der Waals surface area contributed by atoms with Crippen molar-refractivity contribution in [2.75, 3.05) is 18.4 Å². The van der Waals surface area contributed by atoms with Crippen LogP contribution in [-0.4, -0.2) is 56.2 Å². The summed E-state index contributed by atoms with van der Waals surface area (Å²) in [4.78, 5) is 13.4. The van der Waals surface area contributed by atoms with Crippen LogP contribution in [0.15, 0.2) is 17.5 Å². The molecular weight excluding hydrogens is 388 g/mol. The lowest BCUT2D eigenvalue weighted by molar-refractivity contribution is -0.0449. The highest BCUT2D eigenvalue weighted by molar-refractivity contribution is 6.10. The van der Waals surface area contributed by atoms with Crippen LogP contribution in [0.3, 0.4) is 0 Å². The molecule has 168 valence electrons. The first-order valence-electron chi connectivity index (χ1n) is 12.2. The van der Waals surface area contributed by atoms with Gasteiger partial charge in [-0.1, -0.05) is 11.6 Å². The number of likely N-dealkylation sites (tertiary alicyclic amines) is 1. The summed E-state index contributed by atoms with van der Waals surface area (Å²) in [5.74, 6) is 0. The van der Waals surface area contributed by atoms with Crippen LogP contribution in [0, 0.1) is 0 Å². The molecule has 1 spiro atoms. The molecule has 0 radical (unpaired) electrons. The zero-order valence-corrected chi connectivity index (χ0v) is 19.2. The molecule has 1 saturated heterocycles. The van der Waals surface area contributed by atoms with E-state index in [2.05, 4.69) is 41.2 Å². The van der Waals surface area contributed by atoms with Crippen LogP contribution < -0.4 is 5.32 Å². The molecule has 2 aromatic rings. The molecule has 1 saturated carbocycles. The van der Waals surface area contributed by atoms with Gasteiger partial charge in [0.25, 0.3) is 0 Å². The molecule has 4 heterocycles. The number of aromatic nitrogens is 3. The summed E-state index contributed by atoms with van der Waals surface area (Å²) in [6.07, 6.45) is 13.2. The van der Waals surface area contributed by atoms with E-state index in [1.165, 1.54) is 19.3 Å². The standard InChI is InChI=1S/C24H36N6O/c1-4-30-23-20(16-26-30)22(27-18-8-12-29(13-9-18)17(2)3)19(15-25-23)21-14-24(31-28-21)10-6-5-7-11-24/h15-18H,4-14H2,1-3H3,(H,25,27). The maximum Gasteiger partial charge on any atom is 0.159 e. The SMILES string of the molecule is CCn1ncc2c(NC3CCN(C(C)C)CC3)c(C3=NOC4(CCCCC4)C3)cnc21. The van der Waals surface area contributed by atoms with E-state index in [1.807, 2.05) is 17.1 Å². The Kier molecular flexibility index (Phi) is 5.63. The summed E-state index contributed by atoms with van der Waals surface area (Å²) in [5, 5.41) is 14.2. The van der Waals surface area contributed by atoms with E-state index >= 15 is 0 Å². The van der Waals surface area contributed by atoms with Gasteiger partial charge in [0.05, 0.1) is 23.0 Å². The number of rotatable bonds is 5. The van der Waals surface area contributed by atoms with Crippen molar-refractivity contribution in [3.63, 3.8) is 0 Å². The summed E-state index contributed by atoms with van der Waals surface area (Å²) in [6.45, 7) is 9.78. The Morgan fingerprint density at radius 1 is 1.16 bits per heavy atom. The second-order valence-electron chi connectivity index (χ2n) is 9.84. The molecule has 0 bridgehead atoms. The summed E-state index contributed by atoms with van der Waals surface area (Å²) in [6, 6.07) is 1.07. The first-order chi connectivity index (χ1) is 15.1. The van der Waals surface area contributed by atoms with Crippen LogP contribution >= 0.6 is 0 Å². The predicted molar refractivity (Wildman–Crippen MR) is 125 cm³/mol. The molecule has 0 unspecified atom stereocenters. The number of nitrogens with one attached hydrogen (secondary N) is 1. The largest absolute Gasteiger partial charge is 0.389 e. The monoisotopic (exact) mass is 424 g/mol. The molecule has 31 heavy (non-hydrogen) atoms. The van der Waals surface area contributed by atoms with E-state index in [1.54, 1.807) is 0 Å². The normalized spacial score (nSPS) is 22.3. The third kappa shape index (κ3) is 3.93. The van der Waals surface area contributed by atoms with Gasteiger partial charge in [0.15, 0.2) is 5.65 Å². The minimum atomic E-state index is -0.0873. The molecule has 2 fully saturated rings. The maximum atomic E-state index is 6.08. The van der Waals surface area contributed by atoms with Crippen LogP contribution in [0.1, 0.15) is 77.7 Å². The van der Waals surface area contributed by atoms with Gasteiger partial charge in [0.1, 0.15) is 5.60 Å². The fourth-order valence-corrected chi connectivity index (χ4v) is 5.53. The molecule has 7 nitrogen and oxygen atoms in total. The number of pyridine rings is 1. The summed E-state index contributed by atoms with van der Waals surface area (Å²) in [7, 11) is 0. The van der Waals surface area contributed by atoms with Gasteiger partial charge in [-0.05, 0) is 59.3 Å². The average molecular weight is 425 g/mol. The molecule has 0 aromatic carbocycles. The Morgan fingerprint density at radius 2 is 1.94 bits per heavy atom. The summed E-state index contributed by atoms with van der Waals surface area (Å²) in [5.41, 5.74) is 4.14. The van der Waals surface area contributed by atoms with E-state index in [9.17, 15) is 0 Å². The van der Waals surface area contributed by atoms with Crippen molar-refractivity contribution in [3.8, 4) is 0 Å². The molecule has 2 aliphatic heterocycles. The molecule has 0 atom stereocenters. The predicted octanol–water partition coefficient (Wildman–Crippen LogP) is 4.56. The van der Waals surface area contributed by atoms with Gasteiger partial charge in [0.2, 0.25) is 0 Å². The average Bonchev–Trinajstić information content (AvgIpc) is 3.39. The zero-order chi connectivity index (χ0) is 21.4. The van der Waals surface area contributed by atoms with Crippen molar-refractivity contribution in [3.05, 3.63) is 18.0 Å². The number of anilines is 1. The highest BCUT2D eigenvalue weighted by Crippen LogP contribution is 2.41. The number of aryl methyl sites for hydroxylation is 1. The Balaban J connectivity index is 1.44. The van der Waals surface area contributed by atoms with Gasteiger partial charge < -0.3 is 15.1 Å². The third-order valence-electron chi connectivity index (χ3n) is 7.49. The molecule has 3 aliphatic rings. The third-order valence-corrected chi connectivity index (χ3v) is 7.49. The smallest absolute Gasteiger partial charge is 0.159 e. The minimum Gasteiger partial charge on any atom is -0.389 e. The fourth-order valence-electron chi connectivity index (χ4n) is 5.53. The van der Waals surface area contributed by atoms with Crippen LogP contribution in [0.5, 0.6) is 0 Å². The van der Waals surface area contributed by atoms with Crippen molar-refractivity contribution in [2.45, 2.75) is 96.4 Å². The lowest BCUT2D eigenvalue weighted by Gasteiger charge is -2.35. The first kappa shape index (κ1) is 20.7. The second kappa shape index (κ2) is 8.41. The number of oxime groups is 1. The minimum absolute atomic E-state index is 0.0873. The fraction of sp³-hybridized carbons (Fsp3) is 0.708. The second-order valence-corrected chi connectivity index (χ2v) is 9.84. The number of hydrogen-bond donors (Lipinski definition) is 1. The highest BCUT2D eigenvalue weighted by Gasteiger charge is 2.41. The Labute approximate surface area is 185 Å². The highest BCUT2D eigenvalue weighted by atomic mass is 16.7. The molecular formula is C24H36N6O. The molecule has 0 amide bonds. The lowest BCUT2D eigenvalue weighted by atomic mass is 9.80. The number of nitrogens with zero attached hydrogens (tertiary/aromatic N) is 5. The zero-order valence-electron chi connectivity index (χ0n) is 19.2. The van der Waals surface area contributed by atoms with E-state index < -0.39 is 0 Å². The van der Waals surface area contributed by atoms with Crippen molar-refractivity contribution < 1.29 is 4.84 Å². The first-order valence-corrected chi connectivity index (χ1v) is 12.2. The van der Waals surface area contributed by atoms with E-state index in [-0.39, 0.29) is 5.60 Å². The van der Waals surface area contributed by atoms with Crippen LogP contribution in [0.2, 0.25) is 0 Å². The van der Waals surface area contributed by atoms with Crippen LogP contribution in [0.4, 0.5) is 5.69 Å². The Hall–Kier alpha value is -2.15. The van der Waals surface area contributed by atoms with Crippen LogP contribution in [0.25, 0.3) is 11.0 Å². The van der Waals surface area contributed by atoms with Crippen molar-refractivity contribution in [1.82, 2.24) is 19.7 Å². The van der Waals surface area contributed by atoms with E-state index in [0.717, 1.165) is 79.7 Å². The topological polar surface area (TPSA) is 67.6 Å². The van der Waals surface area contributed by atoms with Gasteiger partial charge >= 0.3 is 0 Å². The number of fused-ring (bicyclic) bond motifs is 1. The maximum absolute atomic E-state index is 6.08. The molecule has 5 rings (SSSR count). The van der Waals surface area contributed by atoms with Crippen molar-refractivity contribution >= 4 is 22.4 Å².